The molecule has 184 valence electrons. The van der Waals surface area contributed by atoms with E-state index in [2.05, 4.69) is 4.99 Å². The molecule has 2 aliphatic rings. The Kier molecular flexibility index (Phi) is 6.75. The Labute approximate surface area is 208 Å². The quantitative estimate of drug-likeness (QED) is 0.241. The van der Waals surface area contributed by atoms with Crippen LogP contribution < -0.4 is 23.7 Å². The number of cyclic esters (lactones) is 1. The van der Waals surface area contributed by atoms with Gasteiger partial charge in [0, 0.05) is 5.56 Å². The number of benzene rings is 3. The molecule has 8 heteroatoms. The van der Waals surface area contributed by atoms with E-state index in [-0.39, 0.29) is 18.4 Å². The molecule has 0 spiro atoms. The lowest BCUT2D eigenvalue weighted by Crippen LogP contribution is -2.10. The van der Waals surface area contributed by atoms with Crippen molar-refractivity contribution < 1.29 is 33.2 Å². The summed E-state index contributed by atoms with van der Waals surface area (Å²) in [4.78, 5) is 16.8. The Morgan fingerprint density at radius 1 is 0.917 bits per heavy atom. The molecule has 2 aliphatic heterocycles. The largest absolute Gasteiger partial charge is 0.490 e. The standard InChI is InChI=1S/C28H25NO7/c1-3-31-25-15-19(7-9-23(25)33-12-11-32-21-6-4-5-18(2)13-21)14-22-28(30)36-27(29-22)20-8-10-24-26(16-20)35-17-34-24/h4-10,13-16H,3,11-12,17H2,1-2H3/b22-14+. The Bertz CT molecular complexity index is 1350. The van der Waals surface area contributed by atoms with E-state index in [1.54, 1.807) is 36.4 Å². The molecule has 0 atom stereocenters. The van der Waals surface area contributed by atoms with Crippen LogP contribution in [0.25, 0.3) is 6.08 Å². The van der Waals surface area contributed by atoms with Crippen molar-refractivity contribution in [3.8, 4) is 28.7 Å². The average molecular weight is 488 g/mol. The second-order valence-corrected chi connectivity index (χ2v) is 8.06. The molecular weight excluding hydrogens is 462 g/mol. The predicted molar refractivity (Wildman–Crippen MR) is 133 cm³/mol. The van der Waals surface area contributed by atoms with Gasteiger partial charge in [-0.05, 0) is 73.5 Å². The lowest BCUT2D eigenvalue weighted by molar-refractivity contribution is -0.129. The van der Waals surface area contributed by atoms with E-state index in [1.807, 2.05) is 44.2 Å². The van der Waals surface area contributed by atoms with Crippen LogP contribution >= 0.6 is 0 Å². The van der Waals surface area contributed by atoms with Crippen LogP contribution in [0.2, 0.25) is 0 Å². The third kappa shape index (κ3) is 5.27. The van der Waals surface area contributed by atoms with Crippen LogP contribution in [0.5, 0.6) is 28.7 Å². The Balaban J connectivity index is 1.27. The van der Waals surface area contributed by atoms with E-state index in [1.165, 1.54) is 0 Å². The van der Waals surface area contributed by atoms with Crippen molar-refractivity contribution in [2.45, 2.75) is 13.8 Å². The number of aryl methyl sites for hydroxylation is 1. The zero-order valence-electron chi connectivity index (χ0n) is 20.0. The van der Waals surface area contributed by atoms with Crippen molar-refractivity contribution in [1.29, 1.82) is 0 Å². The fraction of sp³-hybridized carbons (Fsp3) is 0.214. The molecule has 3 aromatic carbocycles. The normalized spacial score (nSPS) is 15.0. The number of rotatable bonds is 9. The van der Waals surface area contributed by atoms with Gasteiger partial charge in [-0.25, -0.2) is 9.79 Å². The zero-order chi connectivity index (χ0) is 24.9. The molecule has 0 bridgehead atoms. The SMILES string of the molecule is CCOc1cc(/C=C2/N=C(c3ccc4c(c3)OCO4)OC2=O)ccc1OCCOc1cccc(C)c1. The lowest BCUT2D eigenvalue weighted by atomic mass is 10.1. The molecule has 0 radical (unpaired) electrons. The number of carbonyl (C=O) groups is 1. The van der Waals surface area contributed by atoms with Crippen molar-refractivity contribution in [3.05, 3.63) is 83.1 Å². The molecule has 0 saturated carbocycles. The van der Waals surface area contributed by atoms with E-state index in [0.29, 0.717) is 48.4 Å². The van der Waals surface area contributed by atoms with Crippen molar-refractivity contribution >= 4 is 17.9 Å². The highest BCUT2D eigenvalue weighted by Crippen LogP contribution is 2.34. The number of hydrogen-bond acceptors (Lipinski definition) is 8. The molecule has 0 saturated heterocycles. The first-order chi connectivity index (χ1) is 17.6. The monoisotopic (exact) mass is 487 g/mol. The summed E-state index contributed by atoms with van der Waals surface area (Å²) in [6.45, 7) is 5.28. The number of esters is 1. The van der Waals surface area contributed by atoms with Crippen molar-refractivity contribution in [3.63, 3.8) is 0 Å². The maximum atomic E-state index is 12.5. The van der Waals surface area contributed by atoms with Crippen molar-refractivity contribution in [2.24, 2.45) is 4.99 Å². The van der Waals surface area contributed by atoms with Crippen LogP contribution in [0, 0.1) is 6.92 Å². The maximum absolute atomic E-state index is 12.5. The maximum Gasteiger partial charge on any atom is 0.363 e. The number of fused-ring (bicyclic) bond motifs is 1. The van der Waals surface area contributed by atoms with Gasteiger partial charge in [0.05, 0.1) is 6.61 Å². The first-order valence-corrected chi connectivity index (χ1v) is 11.6. The van der Waals surface area contributed by atoms with Crippen LogP contribution in [0.4, 0.5) is 0 Å². The lowest BCUT2D eigenvalue weighted by Gasteiger charge is -2.13. The van der Waals surface area contributed by atoms with Gasteiger partial charge in [0.2, 0.25) is 12.7 Å². The molecule has 36 heavy (non-hydrogen) atoms. The van der Waals surface area contributed by atoms with Gasteiger partial charge in [-0.1, -0.05) is 18.2 Å². The molecule has 5 rings (SSSR count). The van der Waals surface area contributed by atoms with Gasteiger partial charge in [-0.2, -0.15) is 0 Å². The number of ether oxygens (including phenoxy) is 6. The molecule has 0 unspecified atom stereocenters. The Morgan fingerprint density at radius 2 is 1.78 bits per heavy atom. The van der Waals surface area contributed by atoms with E-state index < -0.39 is 5.97 Å². The second-order valence-electron chi connectivity index (χ2n) is 8.06. The minimum absolute atomic E-state index is 0.165. The average Bonchev–Trinajstić information content (AvgIpc) is 3.49. The van der Waals surface area contributed by atoms with Crippen LogP contribution in [0.1, 0.15) is 23.6 Å². The summed E-state index contributed by atoms with van der Waals surface area (Å²) >= 11 is 0. The Hall–Kier alpha value is -4.46. The predicted octanol–water partition coefficient (Wildman–Crippen LogP) is 4.92. The van der Waals surface area contributed by atoms with Gasteiger partial charge in [0.1, 0.15) is 19.0 Å². The van der Waals surface area contributed by atoms with Gasteiger partial charge in [0.15, 0.2) is 28.7 Å². The Morgan fingerprint density at radius 3 is 2.64 bits per heavy atom. The van der Waals surface area contributed by atoms with Gasteiger partial charge >= 0.3 is 5.97 Å². The summed E-state index contributed by atoms with van der Waals surface area (Å²) in [6, 6.07) is 18.5. The van der Waals surface area contributed by atoms with Crippen LogP contribution in [-0.2, 0) is 9.53 Å². The first kappa shape index (κ1) is 23.3. The summed E-state index contributed by atoms with van der Waals surface area (Å²) in [7, 11) is 0. The van der Waals surface area contributed by atoms with E-state index in [4.69, 9.17) is 28.4 Å². The van der Waals surface area contributed by atoms with Crippen LogP contribution in [-0.4, -0.2) is 38.5 Å². The van der Waals surface area contributed by atoms with E-state index in [0.717, 1.165) is 16.9 Å². The highest BCUT2D eigenvalue weighted by molar-refractivity contribution is 6.13. The minimum atomic E-state index is -0.533. The van der Waals surface area contributed by atoms with Gasteiger partial charge in [-0.3, -0.25) is 0 Å². The molecule has 0 aromatic heterocycles. The fourth-order valence-corrected chi connectivity index (χ4v) is 3.74. The third-order valence-corrected chi connectivity index (χ3v) is 5.41. The van der Waals surface area contributed by atoms with Crippen LogP contribution in [0.3, 0.4) is 0 Å². The third-order valence-electron chi connectivity index (χ3n) is 5.41. The van der Waals surface area contributed by atoms with Crippen molar-refractivity contribution in [2.75, 3.05) is 26.6 Å². The summed E-state index contributed by atoms with van der Waals surface area (Å²) in [5, 5.41) is 0. The summed E-state index contributed by atoms with van der Waals surface area (Å²) in [5.74, 6) is 2.86. The van der Waals surface area contributed by atoms with E-state index >= 15 is 0 Å². The molecule has 8 nitrogen and oxygen atoms in total. The molecule has 0 amide bonds. The highest BCUT2D eigenvalue weighted by Gasteiger charge is 2.26. The number of nitrogens with zero attached hydrogens (tertiary/aromatic N) is 1. The fourth-order valence-electron chi connectivity index (χ4n) is 3.74. The van der Waals surface area contributed by atoms with Crippen molar-refractivity contribution in [1.82, 2.24) is 0 Å². The molecule has 0 N–H and O–H groups in total. The van der Waals surface area contributed by atoms with Gasteiger partial charge in [0.25, 0.3) is 0 Å². The smallest absolute Gasteiger partial charge is 0.363 e. The number of hydrogen-bond donors (Lipinski definition) is 0. The first-order valence-electron chi connectivity index (χ1n) is 11.6. The molecule has 0 fully saturated rings. The number of aliphatic imine (C=N–C) groups is 1. The van der Waals surface area contributed by atoms with Gasteiger partial charge < -0.3 is 28.4 Å². The number of carbonyl (C=O) groups excluding carboxylic acids is 1. The van der Waals surface area contributed by atoms with Crippen LogP contribution in [0.15, 0.2) is 71.4 Å². The second kappa shape index (κ2) is 10.4. The van der Waals surface area contributed by atoms with Gasteiger partial charge in [-0.15, -0.1) is 0 Å². The summed E-state index contributed by atoms with van der Waals surface area (Å²) in [6.07, 6.45) is 1.65. The summed E-state index contributed by atoms with van der Waals surface area (Å²) < 4.78 is 33.5. The molecular formula is C28H25NO7. The minimum Gasteiger partial charge on any atom is -0.490 e. The highest BCUT2D eigenvalue weighted by atomic mass is 16.7. The molecule has 2 heterocycles. The van der Waals surface area contributed by atoms with E-state index in [9.17, 15) is 4.79 Å². The zero-order valence-corrected chi connectivity index (χ0v) is 20.0. The molecule has 3 aromatic rings. The topological polar surface area (TPSA) is 84.8 Å². The summed E-state index contributed by atoms with van der Waals surface area (Å²) in [5.41, 5.74) is 2.67. The molecule has 0 aliphatic carbocycles.